The summed E-state index contributed by atoms with van der Waals surface area (Å²) in [5.41, 5.74) is 2.46. The van der Waals surface area contributed by atoms with Gasteiger partial charge in [0.05, 0.1) is 11.4 Å². The van der Waals surface area contributed by atoms with E-state index in [1.165, 1.54) is 0 Å². The molecule has 2 rings (SSSR count). The summed E-state index contributed by atoms with van der Waals surface area (Å²) < 4.78 is 0. The fraction of sp³-hybridized carbons (Fsp3) is 0.273. The Bertz CT molecular complexity index is 391. The first-order chi connectivity index (χ1) is 6.16. The van der Waals surface area contributed by atoms with Gasteiger partial charge in [0, 0.05) is 5.41 Å². The number of nitrogens with zero attached hydrogens (tertiary/aromatic N) is 1. The van der Waals surface area contributed by atoms with E-state index in [-0.39, 0.29) is 5.41 Å². The van der Waals surface area contributed by atoms with Gasteiger partial charge in [-0.2, -0.15) is 0 Å². The second-order valence-corrected chi connectivity index (χ2v) is 3.76. The molecule has 0 radical (unpaired) electrons. The van der Waals surface area contributed by atoms with Crippen molar-refractivity contribution in [3.05, 3.63) is 29.8 Å². The molecule has 0 aliphatic carbocycles. The highest BCUT2D eigenvalue weighted by Gasteiger charge is 2.33. The van der Waals surface area contributed by atoms with Gasteiger partial charge in [-0.1, -0.05) is 18.2 Å². The summed E-state index contributed by atoms with van der Waals surface area (Å²) in [4.78, 5) is 15.0. The Hall–Kier alpha value is -1.44. The van der Waals surface area contributed by atoms with Crippen molar-refractivity contribution in [3.63, 3.8) is 0 Å². The van der Waals surface area contributed by atoms with Crippen LogP contribution in [0.2, 0.25) is 0 Å². The number of carbonyl (C=O) groups excluding carboxylic acids is 1. The van der Waals surface area contributed by atoms with Gasteiger partial charge in [-0.15, -0.1) is 0 Å². The summed E-state index contributed by atoms with van der Waals surface area (Å²) in [5, 5.41) is 0. The maximum atomic E-state index is 10.8. The van der Waals surface area contributed by atoms with Crippen LogP contribution in [0.4, 0.5) is 5.69 Å². The lowest BCUT2D eigenvalue weighted by atomic mass is 9.82. The van der Waals surface area contributed by atoms with Crippen LogP contribution >= 0.6 is 0 Å². The van der Waals surface area contributed by atoms with Crippen molar-refractivity contribution in [2.75, 3.05) is 0 Å². The van der Waals surface area contributed by atoms with Crippen LogP contribution in [-0.2, 0) is 10.2 Å². The zero-order chi connectivity index (χ0) is 9.47. The molecule has 0 spiro atoms. The number of benzene rings is 1. The van der Waals surface area contributed by atoms with Gasteiger partial charge < -0.3 is 0 Å². The van der Waals surface area contributed by atoms with E-state index in [9.17, 15) is 4.79 Å². The minimum absolute atomic E-state index is 0.224. The molecule has 0 bridgehead atoms. The summed E-state index contributed by atoms with van der Waals surface area (Å²) in [6.45, 7) is 4.04. The molecule has 2 nitrogen and oxygen atoms in total. The van der Waals surface area contributed by atoms with Crippen molar-refractivity contribution in [2.24, 2.45) is 4.99 Å². The van der Waals surface area contributed by atoms with Gasteiger partial charge in [0.15, 0.2) is 6.29 Å². The lowest BCUT2D eigenvalue weighted by Gasteiger charge is -2.18. The molecule has 1 aromatic rings. The third kappa shape index (κ3) is 1.02. The van der Waals surface area contributed by atoms with E-state index < -0.39 is 0 Å². The Morgan fingerprint density at radius 2 is 2.00 bits per heavy atom. The van der Waals surface area contributed by atoms with Crippen molar-refractivity contribution >= 4 is 17.7 Å². The van der Waals surface area contributed by atoms with Crippen molar-refractivity contribution in [1.82, 2.24) is 0 Å². The topological polar surface area (TPSA) is 29.4 Å². The molecule has 0 fully saturated rings. The highest BCUT2D eigenvalue weighted by atomic mass is 16.1. The molecular weight excluding hydrogens is 162 g/mol. The largest absolute Gasteiger partial charge is 0.296 e. The van der Waals surface area contributed by atoms with Crippen molar-refractivity contribution in [3.8, 4) is 0 Å². The van der Waals surface area contributed by atoms with Crippen molar-refractivity contribution in [2.45, 2.75) is 19.3 Å². The maximum Gasteiger partial charge on any atom is 0.165 e. The molecule has 0 N–H and O–H groups in total. The van der Waals surface area contributed by atoms with Crippen LogP contribution in [0.3, 0.4) is 0 Å². The van der Waals surface area contributed by atoms with E-state index in [0.717, 1.165) is 17.5 Å². The zero-order valence-corrected chi connectivity index (χ0v) is 7.74. The summed E-state index contributed by atoms with van der Waals surface area (Å²) in [6, 6.07) is 7.87. The number of aldehydes is 1. The van der Waals surface area contributed by atoms with E-state index in [0.29, 0.717) is 5.71 Å². The van der Waals surface area contributed by atoms with Crippen molar-refractivity contribution in [1.29, 1.82) is 0 Å². The van der Waals surface area contributed by atoms with Crippen LogP contribution < -0.4 is 0 Å². The lowest BCUT2D eigenvalue weighted by Crippen LogP contribution is -2.26. The molecule has 0 amide bonds. The van der Waals surface area contributed by atoms with E-state index >= 15 is 0 Å². The Balaban J connectivity index is 2.64. The monoisotopic (exact) mass is 173 g/mol. The highest BCUT2D eigenvalue weighted by Crippen LogP contribution is 2.38. The van der Waals surface area contributed by atoms with Crippen LogP contribution in [0.25, 0.3) is 0 Å². The molecule has 66 valence electrons. The molecule has 0 saturated carbocycles. The standard InChI is InChI=1S/C11H11NO/c1-11(2)8-5-3-4-6-9(8)12-10(11)7-13/h3-7H,1-2H3. The molecule has 1 aromatic carbocycles. The van der Waals surface area contributed by atoms with E-state index in [1.807, 2.05) is 38.1 Å². The minimum Gasteiger partial charge on any atom is -0.296 e. The molecule has 0 unspecified atom stereocenters. The summed E-state index contributed by atoms with van der Waals surface area (Å²) >= 11 is 0. The third-order valence-electron chi connectivity index (χ3n) is 2.57. The first kappa shape index (κ1) is 8.17. The molecule has 2 heteroatoms. The molecule has 0 atom stereocenters. The molecule has 0 aromatic heterocycles. The van der Waals surface area contributed by atoms with Gasteiger partial charge in [0.25, 0.3) is 0 Å². The van der Waals surface area contributed by atoms with E-state index in [1.54, 1.807) is 0 Å². The smallest absolute Gasteiger partial charge is 0.165 e. The fourth-order valence-electron chi connectivity index (χ4n) is 1.68. The quantitative estimate of drug-likeness (QED) is 0.599. The summed E-state index contributed by atoms with van der Waals surface area (Å²) in [7, 11) is 0. The van der Waals surface area contributed by atoms with Gasteiger partial charge >= 0.3 is 0 Å². The number of aliphatic imine (C=N–C) groups is 1. The Kier molecular flexibility index (Phi) is 1.59. The minimum atomic E-state index is -0.224. The first-order valence-electron chi connectivity index (χ1n) is 4.30. The SMILES string of the molecule is CC1(C)C(C=O)=Nc2ccccc21. The Morgan fingerprint density at radius 3 is 2.62 bits per heavy atom. The second kappa shape index (κ2) is 2.52. The normalized spacial score (nSPS) is 17.8. The van der Waals surface area contributed by atoms with Gasteiger partial charge in [0.1, 0.15) is 0 Å². The molecular formula is C11H11NO. The van der Waals surface area contributed by atoms with Gasteiger partial charge in [-0.3, -0.25) is 4.79 Å². The molecule has 1 aliphatic heterocycles. The second-order valence-electron chi connectivity index (χ2n) is 3.76. The van der Waals surface area contributed by atoms with E-state index in [2.05, 4.69) is 4.99 Å². The average Bonchev–Trinajstić information content (AvgIpc) is 2.39. The summed E-state index contributed by atoms with van der Waals surface area (Å²) in [5.74, 6) is 0. The molecule has 13 heavy (non-hydrogen) atoms. The van der Waals surface area contributed by atoms with Crippen LogP contribution in [0, 0.1) is 0 Å². The highest BCUT2D eigenvalue weighted by molar-refractivity contribution is 6.34. The number of fused-ring (bicyclic) bond motifs is 1. The number of rotatable bonds is 1. The summed E-state index contributed by atoms with van der Waals surface area (Å²) in [6.07, 6.45) is 0.847. The van der Waals surface area contributed by atoms with Gasteiger partial charge in [0.2, 0.25) is 0 Å². The first-order valence-corrected chi connectivity index (χ1v) is 4.30. The van der Waals surface area contributed by atoms with Crippen LogP contribution in [0.15, 0.2) is 29.3 Å². The average molecular weight is 173 g/mol. The predicted octanol–water partition coefficient (Wildman–Crippen LogP) is 2.25. The van der Waals surface area contributed by atoms with Crippen LogP contribution in [0.1, 0.15) is 19.4 Å². The lowest BCUT2D eigenvalue weighted by molar-refractivity contribution is -0.102. The number of hydrogen-bond acceptors (Lipinski definition) is 2. The maximum absolute atomic E-state index is 10.8. The third-order valence-corrected chi connectivity index (χ3v) is 2.57. The van der Waals surface area contributed by atoms with Crippen molar-refractivity contribution < 1.29 is 4.79 Å². The Morgan fingerprint density at radius 1 is 1.31 bits per heavy atom. The molecule has 0 saturated heterocycles. The fourth-order valence-corrected chi connectivity index (χ4v) is 1.68. The zero-order valence-electron chi connectivity index (χ0n) is 7.74. The predicted molar refractivity (Wildman–Crippen MR) is 52.6 cm³/mol. The van der Waals surface area contributed by atoms with Crippen LogP contribution in [-0.4, -0.2) is 12.0 Å². The van der Waals surface area contributed by atoms with E-state index in [4.69, 9.17) is 0 Å². The van der Waals surface area contributed by atoms with Crippen LogP contribution in [0.5, 0.6) is 0 Å². The number of para-hydroxylation sites is 1. The Labute approximate surface area is 77.3 Å². The van der Waals surface area contributed by atoms with Gasteiger partial charge in [-0.25, -0.2) is 4.99 Å². The van der Waals surface area contributed by atoms with Gasteiger partial charge in [-0.05, 0) is 25.5 Å². The number of carbonyl (C=O) groups is 1. The number of hydrogen-bond donors (Lipinski definition) is 0. The molecule has 1 aliphatic rings. The molecule has 1 heterocycles.